The maximum absolute atomic E-state index is 14.1. The van der Waals surface area contributed by atoms with Gasteiger partial charge in [0.05, 0.1) is 6.04 Å². The number of carbonyl (C=O) groups excluding carboxylic acids is 1. The molecule has 1 aromatic heterocycles. The molecular formula is C25H23F2NO2S. The normalized spacial score (nSPS) is 19.7. The first kappa shape index (κ1) is 21.2. The average molecular weight is 440 g/mol. The van der Waals surface area contributed by atoms with E-state index in [0.29, 0.717) is 30.5 Å². The van der Waals surface area contributed by atoms with Crippen molar-refractivity contribution >= 4 is 17.4 Å². The fraction of sp³-hybridized carbons (Fsp3) is 0.240. The van der Waals surface area contributed by atoms with Gasteiger partial charge >= 0.3 is 6.09 Å². The lowest BCUT2D eigenvalue weighted by Gasteiger charge is -2.42. The van der Waals surface area contributed by atoms with Crippen LogP contribution in [-0.2, 0) is 10.3 Å². The molecule has 160 valence electrons. The molecule has 3 aromatic rings. The Morgan fingerprint density at radius 3 is 2.61 bits per heavy atom. The lowest BCUT2D eigenvalue weighted by atomic mass is 9.91. The highest BCUT2D eigenvalue weighted by atomic mass is 32.1. The Bertz CT molecular complexity index is 1080. The molecule has 31 heavy (non-hydrogen) atoms. The molecule has 1 amide bonds. The van der Waals surface area contributed by atoms with Crippen LogP contribution in [0.25, 0.3) is 11.1 Å². The zero-order valence-electron chi connectivity index (χ0n) is 17.2. The molecule has 0 radical (unpaired) electrons. The summed E-state index contributed by atoms with van der Waals surface area (Å²) < 4.78 is 33.2. The van der Waals surface area contributed by atoms with Crippen molar-refractivity contribution in [2.45, 2.75) is 31.4 Å². The van der Waals surface area contributed by atoms with E-state index in [1.54, 1.807) is 34.4 Å². The zero-order chi connectivity index (χ0) is 22.0. The number of cyclic esters (lactones) is 1. The first-order valence-corrected chi connectivity index (χ1v) is 11.0. The molecule has 0 bridgehead atoms. The number of hydrogen-bond donors (Lipinski definition) is 0. The van der Waals surface area contributed by atoms with Gasteiger partial charge in [0.2, 0.25) is 0 Å². The Hall–Kier alpha value is -2.99. The molecule has 0 spiro atoms. The van der Waals surface area contributed by atoms with Gasteiger partial charge in [0.15, 0.2) is 5.60 Å². The quantitative estimate of drug-likeness (QED) is 0.385. The number of halogens is 2. The third kappa shape index (κ3) is 4.12. The Labute approximate surface area is 184 Å². The molecule has 2 atom stereocenters. The molecule has 0 N–H and O–H groups in total. The van der Waals surface area contributed by atoms with Crippen molar-refractivity contribution in [1.82, 2.24) is 4.90 Å². The van der Waals surface area contributed by atoms with Crippen LogP contribution in [0.1, 0.15) is 36.2 Å². The molecule has 1 fully saturated rings. The summed E-state index contributed by atoms with van der Waals surface area (Å²) in [6.07, 6.45) is 2.68. The second-order valence-electron chi connectivity index (χ2n) is 7.70. The highest BCUT2D eigenvalue weighted by molar-refractivity contribution is 7.10. The summed E-state index contributed by atoms with van der Waals surface area (Å²) in [5, 5.41) is 1.98. The maximum Gasteiger partial charge on any atom is 0.411 e. The topological polar surface area (TPSA) is 29.5 Å². The van der Waals surface area contributed by atoms with Gasteiger partial charge in [-0.2, -0.15) is 0 Å². The van der Waals surface area contributed by atoms with Gasteiger partial charge in [-0.15, -0.1) is 17.9 Å². The largest absolute Gasteiger partial charge is 0.437 e. The fourth-order valence-electron chi connectivity index (χ4n) is 4.05. The highest BCUT2D eigenvalue weighted by Gasteiger charge is 2.43. The van der Waals surface area contributed by atoms with Gasteiger partial charge in [-0.05, 0) is 41.6 Å². The Kier molecular flexibility index (Phi) is 5.92. The summed E-state index contributed by atoms with van der Waals surface area (Å²) >= 11 is 1.58. The second-order valence-corrected chi connectivity index (χ2v) is 8.65. The fourth-order valence-corrected chi connectivity index (χ4v) is 4.96. The van der Waals surface area contributed by atoms with Crippen molar-refractivity contribution in [3.8, 4) is 11.1 Å². The number of rotatable bonds is 6. The SMILES string of the molecule is C=CC[C@@]1(c2cccs2)CCN(C(C)c2ccc(-c3ccc(F)cc3F)cc2)C(=O)O1. The van der Waals surface area contributed by atoms with Crippen LogP contribution >= 0.6 is 11.3 Å². The lowest BCUT2D eigenvalue weighted by Crippen LogP contribution is -2.48. The summed E-state index contributed by atoms with van der Waals surface area (Å²) in [6.45, 7) is 6.33. The van der Waals surface area contributed by atoms with Crippen LogP contribution in [0.3, 0.4) is 0 Å². The Morgan fingerprint density at radius 1 is 1.23 bits per heavy atom. The van der Waals surface area contributed by atoms with Crippen LogP contribution in [0, 0.1) is 11.6 Å². The van der Waals surface area contributed by atoms with Gasteiger partial charge < -0.3 is 9.64 Å². The summed E-state index contributed by atoms with van der Waals surface area (Å²) in [6, 6.07) is 14.6. The Balaban J connectivity index is 1.52. The lowest BCUT2D eigenvalue weighted by molar-refractivity contribution is -0.0567. The van der Waals surface area contributed by atoms with E-state index in [1.165, 1.54) is 12.1 Å². The number of carbonyl (C=O) groups is 1. The van der Waals surface area contributed by atoms with E-state index in [1.807, 2.05) is 36.6 Å². The molecule has 2 heterocycles. The standard InChI is InChI=1S/C25H23F2NO2S/c1-3-12-25(23-5-4-15-31-23)13-14-28(24(29)30-25)17(2)18-6-8-19(9-7-18)21-11-10-20(26)16-22(21)27/h3-11,15-17H,1,12-14H2,2H3/t17?,25-/m0/s1. The van der Waals surface area contributed by atoms with Crippen molar-refractivity contribution in [2.75, 3.05) is 6.54 Å². The molecule has 2 aromatic carbocycles. The third-order valence-corrected chi connectivity index (χ3v) is 6.88. The van der Waals surface area contributed by atoms with Crippen molar-refractivity contribution in [1.29, 1.82) is 0 Å². The highest BCUT2D eigenvalue weighted by Crippen LogP contribution is 2.41. The molecule has 1 aliphatic heterocycles. The Morgan fingerprint density at radius 2 is 2.00 bits per heavy atom. The predicted octanol–water partition coefficient (Wildman–Crippen LogP) is 7.07. The van der Waals surface area contributed by atoms with Gasteiger partial charge in [-0.1, -0.05) is 36.4 Å². The molecular weight excluding hydrogens is 416 g/mol. The number of nitrogens with zero attached hydrogens (tertiary/aromatic N) is 1. The van der Waals surface area contributed by atoms with E-state index in [0.717, 1.165) is 16.5 Å². The number of amides is 1. The smallest absolute Gasteiger partial charge is 0.411 e. The van der Waals surface area contributed by atoms with Crippen LogP contribution in [0.15, 0.2) is 72.6 Å². The van der Waals surface area contributed by atoms with Crippen molar-refractivity contribution in [3.63, 3.8) is 0 Å². The minimum absolute atomic E-state index is 0.204. The van der Waals surface area contributed by atoms with E-state index in [9.17, 15) is 13.6 Å². The average Bonchev–Trinajstić information content (AvgIpc) is 3.30. The number of benzene rings is 2. The van der Waals surface area contributed by atoms with Crippen molar-refractivity contribution in [3.05, 3.63) is 94.7 Å². The zero-order valence-corrected chi connectivity index (χ0v) is 18.0. The first-order valence-electron chi connectivity index (χ1n) is 10.1. The monoisotopic (exact) mass is 439 g/mol. The molecule has 3 nitrogen and oxygen atoms in total. The van der Waals surface area contributed by atoms with Gasteiger partial charge in [0, 0.05) is 35.9 Å². The van der Waals surface area contributed by atoms with Gasteiger partial charge in [-0.3, -0.25) is 0 Å². The van der Waals surface area contributed by atoms with Crippen LogP contribution in [-0.4, -0.2) is 17.5 Å². The molecule has 4 rings (SSSR count). The van der Waals surface area contributed by atoms with E-state index in [-0.39, 0.29) is 12.1 Å². The minimum atomic E-state index is -0.660. The van der Waals surface area contributed by atoms with Gasteiger partial charge in [-0.25, -0.2) is 13.6 Å². The van der Waals surface area contributed by atoms with Crippen LogP contribution in [0.5, 0.6) is 0 Å². The molecule has 1 aliphatic rings. The van der Waals surface area contributed by atoms with E-state index in [2.05, 4.69) is 6.58 Å². The van der Waals surface area contributed by atoms with E-state index >= 15 is 0 Å². The van der Waals surface area contributed by atoms with E-state index < -0.39 is 17.2 Å². The summed E-state index contributed by atoms with van der Waals surface area (Å²) in [7, 11) is 0. The minimum Gasteiger partial charge on any atom is -0.437 e. The van der Waals surface area contributed by atoms with Crippen LogP contribution in [0.2, 0.25) is 0 Å². The maximum atomic E-state index is 14.1. The van der Waals surface area contributed by atoms with E-state index in [4.69, 9.17) is 4.74 Å². The predicted molar refractivity (Wildman–Crippen MR) is 119 cm³/mol. The number of ether oxygens (including phenoxy) is 1. The summed E-state index contributed by atoms with van der Waals surface area (Å²) in [5.74, 6) is -1.21. The molecule has 0 saturated carbocycles. The molecule has 1 unspecified atom stereocenters. The summed E-state index contributed by atoms with van der Waals surface area (Å²) in [4.78, 5) is 15.7. The summed E-state index contributed by atoms with van der Waals surface area (Å²) in [5.41, 5.74) is 1.24. The molecule has 6 heteroatoms. The van der Waals surface area contributed by atoms with Crippen LogP contribution in [0.4, 0.5) is 13.6 Å². The second kappa shape index (κ2) is 8.63. The molecule has 1 saturated heterocycles. The van der Waals surface area contributed by atoms with Crippen molar-refractivity contribution < 1.29 is 18.3 Å². The third-order valence-electron chi connectivity index (χ3n) is 5.82. The van der Waals surface area contributed by atoms with Crippen LogP contribution < -0.4 is 0 Å². The van der Waals surface area contributed by atoms with Gasteiger partial charge in [0.1, 0.15) is 11.6 Å². The number of hydrogen-bond acceptors (Lipinski definition) is 3. The first-order chi connectivity index (χ1) is 14.9. The van der Waals surface area contributed by atoms with Crippen molar-refractivity contribution in [2.24, 2.45) is 0 Å². The number of thiophene rings is 1. The molecule has 0 aliphatic carbocycles. The van der Waals surface area contributed by atoms with Gasteiger partial charge in [0.25, 0.3) is 0 Å².